The van der Waals surface area contributed by atoms with E-state index in [9.17, 15) is 4.79 Å². The van der Waals surface area contributed by atoms with Gasteiger partial charge in [0, 0.05) is 0 Å². The summed E-state index contributed by atoms with van der Waals surface area (Å²) in [6.45, 7) is 0.244. The average molecular weight is 232 g/mol. The number of carbonyl (C=O) groups excluding carboxylic acids is 1. The predicted octanol–water partition coefficient (Wildman–Crippen LogP) is 1.81. The summed E-state index contributed by atoms with van der Waals surface area (Å²) in [7, 11) is 1.58. The smallest absolute Gasteiger partial charge is 0.161 e. The van der Waals surface area contributed by atoms with Crippen LogP contribution in [0.3, 0.4) is 0 Å². The van der Waals surface area contributed by atoms with Gasteiger partial charge in [-0.25, -0.2) is 0 Å². The standard InChI is InChI=1S/C12H12N2O3/c1-16-11-4-2-3-5-12(11)17-8-10-9(7-15)6-13-14-10/h2-7H,8H2,1H3,(H,13,14). The van der Waals surface area contributed by atoms with Gasteiger partial charge in [-0.3, -0.25) is 9.89 Å². The summed E-state index contributed by atoms with van der Waals surface area (Å²) >= 11 is 0. The zero-order chi connectivity index (χ0) is 12.1. The molecule has 0 amide bonds. The van der Waals surface area contributed by atoms with Crippen LogP contribution in [0, 0.1) is 0 Å². The number of nitrogens with one attached hydrogen (secondary N) is 1. The summed E-state index contributed by atoms with van der Waals surface area (Å²) in [5.41, 5.74) is 1.14. The van der Waals surface area contributed by atoms with E-state index < -0.39 is 0 Å². The van der Waals surface area contributed by atoms with Crippen LogP contribution in [0.1, 0.15) is 16.1 Å². The maximum atomic E-state index is 10.7. The monoisotopic (exact) mass is 232 g/mol. The van der Waals surface area contributed by atoms with Crippen molar-refractivity contribution in [1.29, 1.82) is 0 Å². The van der Waals surface area contributed by atoms with Gasteiger partial charge in [-0.1, -0.05) is 12.1 Å². The van der Waals surface area contributed by atoms with Gasteiger partial charge in [0.15, 0.2) is 17.8 Å². The van der Waals surface area contributed by atoms with E-state index in [2.05, 4.69) is 10.2 Å². The molecule has 0 spiro atoms. The number of carbonyl (C=O) groups is 1. The van der Waals surface area contributed by atoms with Crippen molar-refractivity contribution in [2.75, 3.05) is 7.11 Å². The van der Waals surface area contributed by atoms with E-state index in [0.717, 1.165) is 6.29 Å². The first kappa shape index (κ1) is 11.2. The lowest BCUT2D eigenvalue weighted by molar-refractivity contribution is 0.112. The van der Waals surface area contributed by atoms with Crippen LogP contribution >= 0.6 is 0 Å². The maximum Gasteiger partial charge on any atom is 0.161 e. The lowest BCUT2D eigenvalue weighted by Crippen LogP contribution is -2.00. The van der Waals surface area contributed by atoms with E-state index in [4.69, 9.17) is 9.47 Å². The Morgan fingerprint density at radius 3 is 2.82 bits per heavy atom. The molecule has 5 heteroatoms. The number of aromatic amines is 1. The van der Waals surface area contributed by atoms with Crippen molar-refractivity contribution in [3.05, 3.63) is 41.7 Å². The van der Waals surface area contributed by atoms with Crippen LogP contribution in [0.25, 0.3) is 0 Å². The lowest BCUT2D eigenvalue weighted by atomic mass is 10.3. The molecule has 88 valence electrons. The van der Waals surface area contributed by atoms with Crippen LogP contribution in [0.5, 0.6) is 11.5 Å². The minimum absolute atomic E-state index is 0.244. The second-order valence-corrected chi connectivity index (χ2v) is 3.36. The molecule has 1 aromatic heterocycles. The molecule has 0 aliphatic carbocycles. The third-order valence-electron chi connectivity index (χ3n) is 2.32. The molecule has 0 saturated heterocycles. The summed E-state index contributed by atoms with van der Waals surface area (Å²) < 4.78 is 10.7. The number of hydrogen-bond donors (Lipinski definition) is 1. The van der Waals surface area contributed by atoms with Gasteiger partial charge in [0.2, 0.25) is 0 Å². The highest BCUT2D eigenvalue weighted by atomic mass is 16.5. The van der Waals surface area contributed by atoms with Gasteiger partial charge in [-0.15, -0.1) is 0 Å². The van der Waals surface area contributed by atoms with Crippen LogP contribution in [-0.2, 0) is 6.61 Å². The number of hydrogen-bond acceptors (Lipinski definition) is 4. The summed E-state index contributed by atoms with van der Waals surface area (Å²) in [4.78, 5) is 10.7. The number of methoxy groups -OCH3 is 1. The summed E-state index contributed by atoms with van der Waals surface area (Å²) in [6, 6.07) is 7.32. The van der Waals surface area contributed by atoms with Gasteiger partial charge in [-0.05, 0) is 12.1 Å². The van der Waals surface area contributed by atoms with Crippen molar-refractivity contribution in [1.82, 2.24) is 10.2 Å². The lowest BCUT2D eigenvalue weighted by Gasteiger charge is -2.09. The Hall–Kier alpha value is -2.30. The highest BCUT2D eigenvalue weighted by Crippen LogP contribution is 2.26. The molecule has 2 rings (SSSR count). The van der Waals surface area contributed by atoms with E-state index >= 15 is 0 Å². The molecule has 0 atom stereocenters. The van der Waals surface area contributed by atoms with E-state index in [1.165, 1.54) is 6.20 Å². The number of para-hydroxylation sites is 2. The molecule has 1 aromatic carbocycles. The van der Waals surface area contributed by atoms with Crippen LogP contribution < -0.4 is 9.47 Å². The van der Waals surface area contributed by atoms with Crippen molar-refractivity contribution in [3.8, 4) is 11.5 Å². The number of nitrogens with zero attached hydrogens (tertiary/aromatic N) is 1. The fourth-order valence-corrected chi connectivity index (χ4v) is 1.43. The predicted molar refractivity (Wildman–Crippen MR) is 61.3 cm³/mol. The molecular weight excluding hydrogens is 220 g/mol. The highest BCUT2D eigenvalue weighted by molar-refractivity contribution is 5.75. The van der Waals surface area contributed by atoms with Gasteiger partial charge >= 0.3 is 0 Å². The molecule has 0 bridgehead atoms. The number of ether oxygens (including phenoxy) is 2. The van der Waals surface area contributed by atoms with Gasteiger partial charge in [0.25, 0.3) is 0 Å². The number of rotatable bonds is 5. The zero-order valence-electron chi connectivity index (χ0n) is 9.34. The van der Waals surface area contributed by atoms with Crippen LogP contribution in [0.15, 0.2) is 30.5 Å². The number of aromatic nitrogens is 2. The molecule has 1 heterocycles. The molecule has 0 saturated carbocycles. The summed E-state index contributed by atoms with van der Waals surface area (Å²) in [6.07, 6.45) is 2.21. The number of benzene rings is 1. The van der Waals surface area contributed by atoms with E-state index in [1.807, 2.05) is 18.2 Å². The maximum absolute atomic E-state index is 10.7. The zero-order valence-corrected chi connectivity index (χ0v) is 9.34. The molecule has 0 unspecified atom stereocenters. The Kier molecular flexibility index (Phi) is 3.40. The number of aldehydes is 1. The van der Waals surface area contributed by atoms with E-state index in [1.54, 1.807) is 13.2 Å². The van der Waals surface area contributed by atoms with Crippen molar-refractivity contribution < 1.29 is 14.3 Å². The quantitative estimate of drug-likeness (QED) is 0.798. The van der Waals surface area contributed by atoms with Crippen LogP contribution in [0.4, 0.5) is 0 Å². The van der Waals surface area contributed by atoms with E-state index in [0.29, 0.717) is 22.8 Å². The van der Waals surface area contributed by atoms with E-state index in [-0.39, 0.29) is 6.61 Å². The summed E-state index contributed by atoms with van der Waals surface area (Å²) in [5.74, 6) is 1.28. The number of H-pyrrole nitrogens is 1. The first-order valence-electron chi connectivity index (χ1n) is 5.08. The van der Waals surface area contributed by atoms with Gasteiger partial charge in [-0.2, -0.15) is 5.10 Å². The molecule has 5 nitrogen and oxygen atoms in total. The fourth-order valence-electron chi connectivity index (χ4n) is 1.43. The third-order valence-corrected chi connectivity index (χ3v) is 2.32. The topological polar surface area (TPSA) is 64.2 Å². The Labute approximate surface area is 98.4 Å². The molecule has 0 aliphatic heterocycles. The van der Waals surface area contributed by atoms with Gasteiger partial charge in [0.05, 0.1) is 24.6 Å². The third kappa shape index (κ3) is 2.44. The average Bonchev–Trinajstić information content (AvgIpc) is 2.84. The molecule has 0 radical (unpaired) electrons. The molecule has 0 fully saturated rings. The Balaban J connectivity index is 2.09. The highest BCUT2D eigenvalue weighted by Gasteiger charge is 2.07. The van der Waals surface area contributed by atoms with Crippen molar-refractivity contribution >= 4 is 6.29 Å². The van der Waals surface area contributed by atoms with Gasteiger partial charge < -0.3 is 9.47 Å². The largest absolute Gasteiger partial charge is 0.493 e. The first-order valence-corrected chi connectivity index (χ1v) is 5.08. The van der Waals surface area contributed by atoms with Crippen LogP contribution in [0.2, 0.25) is 0 Å². The second kappa shape index (κ2) is 5.16. The van der Waals surface area contributed by atoms with Crippen molar-refractivity contribution in [2.45, 2.75) is 6.61 Å². The normalized spacial score (nSPS) is 9.94. The first-order chi connectivity index (χ1) is 8.35. The molecule has 17 heavy (non-hydrogen) atoms. The SMILES string of the molecule is COc1ccccc1OCc1[nH]ncc1C=O. The Morgan fingerprint density at radius 1 is 1.35 bits per heavy atom. The minimum Gasteiger partial charge on any atom is -0.493 e. The minimum atomic E-state index is 0.244. The molecule has 0 aliphatic rings. The Bertz CT molecular complexity index is 508. The molecule has 1 N–H and O–H groups in total. The van der Waals surface area contributed by atoms with Crippen molar-refractivity contribution in [3.63, 3.8) is 0 Å². The Morgan fingerprint density at radius 2 is 2.12 bits per heavy atom. The molecule has 2 aromatic rings. The second-order valence-electron chi connectivity index (χ2n) is 3.36. The van der Waals surface area contributed by atoms with Gasteiger partial charge in [0.1, 0.15) is 6.61 Å². The fraction of sp³-hybridized carbons (Fsp3) is 0.167. The summed E-state index contributed by atoms with van der Waals surface area (Å²) in [5, 5.41) is 6.50. The van der Waals surface area contributed by atoms with Crippen LogP contribution in [-0.4, -0.2) is 23.6 Å². The van der Waals surface area contributed by atoms with Crippen molar-refractivity contribution in [2.24, 2.45) is 0 Å². The molecular formula is C12H12N2O3.